The number of anilines is 1. The molecule has 14 heavy (non-hydrogen) atoms. The van der Waals surface area contributed by atoms with Gasteiger partial charge in [-0.25, -0.2) is 0 Å². The lowest BCUT2D eigenvalue weighted by Gasteiger charge is -2.05. The standard InChI is InChI=1S/C11H11BrN2/c1-2-7-3-4-10-8(5-7)11(13)9(12)6-14-10/h3-6H,2H2,1H3,(H2,13,14). The van der Waals surface area contributed by atoms with Gasteiger partial charge in [-0.2, -0.15) is 0 Å². The van der Waals surface area contributed by atoms with Crippen LogP contribution in [0.25, 0.3) is 10.9 Å². The molecule has 0 fully saturated rings. The molecule has 0 spiro atoms. The molecular formula is C11H11BrN2. The van der Waals surface area contributed by atoms with Gasteiger partial charge in [-0.3, -0.25) is 4.98 Å². The first kappa shape index (κ1) is 9.46. The first-order chi connectivity index (χ1) is 6.72. The molecule has 2 rings (SSSR count). The summed E-state index contributed by atoms with van der Waals surface area (Å²) in [5, 5.41) is 1.03. The van der Waals surface area contributed by atoms with Crippen LogP contribution in [0.2, 0.25) is 0 Å². The molecule has 1 aromatic heterocycles. The first-order valence-electron chi connectivity index (χ1n) is 4.55. The van der Waals surface area contributed by atoms with E-state index in [-0.39, 0.29) is 0 Å². The zero-order chi connectivity index (χ0) is 10.1. The summed E-state index contributed by atoms with van der Waals surface area (Å²) < 4.78 is 0.859. The Morgan fingerprint density at radius 3 is 2.93 bits per heavy atom. The zero-order valence-corrected chi connectivity index (χ0v) is 9.51. The van der Waals surface area contributed by atoms with Gasteiger partial charge in [-0.1, -0.05) is 13.0 Å². The Kier molecular flexibility index (Phi) is 2.42. The number of benzene rings is 1. The number of halogens is 1. The van der Waals surface area contributed by atoms with Crippen LogP contribution in [-0.2, 0) is 6.42 Å². The molecule has 3 heteroatoms. The molecular weight excluding hydrogens is 240 g/mol. The highest BCUT2D eigenvalue weighted by Gasteiger charge is 2.03. The Morgan fingerprint density at radius 1 is 1.43 bits per heavy atom. The SMILES string of the molecule is CCc1ccc2ncc(Br)c(N)c2c1. The zero-order valence-electron chi connectivity index (χ0n) is 7.92. The summed E-state index contributed by atoms with van der Waals surface area (Å²) >= 11 is 3.38. The summed E-state index contributed by atoms with van der Waals surface area (Å²) in [6.45, 7) is 2.13. The van der Waals surface area contributed by atoms with Crippen LogP contribution < -0.4 is 5.73 Å². The first-order valence-corrected chi connectivity index (χ1v) is 5.34. The van der Waals surface area contributed by atoms with Gasteiger partial charge < -0.3 is 5.73 Å². The minimum absolute atomic E-state index is 0.769. The van der Waals surface area contributed by atoms with E-state index in [0.717, 1.165) is 27.5 Å². The van der Waals surface area contributed by atoms with E-state index in [2.05, 4.69) is 40.0 Å². The molecule has 2 aromatic rings. The van der Waals surface area contributed by atoms with Crippen LogP contribution >= 0.6 is 15.9 Å². The highest BCUT2D eigenvalue weighted by molar-refractivity contribution is 9.10. The summed E-state index contributed by atoms with van der Waals surface area (Å²) in [5.41, 5.74) is 8.95. The fourth-order valence-corrected chi connectivity index (χ4v) is 1.77. The van der Waals surface area contributed by atoms with Gasteiger partial charge in [0.2, 0.25) is 0 Å². The van der Waals surface area contributed by atoms with Crippen molar-refractivity contribution in [1.82, 2.24) is 4.98 Å². The van der Waals surface area contributed by atoms with Crippen molar-refractivity contribution in [2.45, 2.75) is 13.3 Å². The second kappa shape index (κ2) is 3.58. The summed E-state index contributed by atoms with van der Waals surface area (Å²) in [6.07, 6.45) is 2.76. The molecule has 0 radical (unpaired) electrons. The maximum atomic E-state index is 5.95. The van der Waals surface area contributed by atoms with E-state index in [9.17, 15) is 0 Å². The monoisotopic (exact) mass is 250 g/mol. The second-order valence-corrected chi connectivity index (χ2v) is 4.08. The van der Waals surface area contributed by atoms with E-state index < -0.39 is 0 Å². The van der Waals surface area contributed by atoms with Crippen molar-refractivity contribution in [1.29, 1.82) is 0 Å². The summed E-state index contributed by atoms with van der Waals surface area (Å²) in [6, 6.07) is 6.20. The number of fused-ring (bicyclic) bond motifs is 1. The van der Waals surface area contributed by atoms with Crippen LogP contribution in [0.1, 0.15) is 12.5 Å². The molecule has 0 bridgehead atoms. The van der Waals surface area contributed by atoms with Crippen molar-refractivity contribution in [3.63, 3.8) is 0 Å². The third kappa shape index (κ3) is 1.48. The van der Waals surface area contributed by atoms with Gasteiger partial charge in [-0.15, -0.1) is 0 Å². The normalized spacial score (nSPS) is 10.7. The summed E-state index contributed by atoms with van der Waals surface area (Å²) in [7, 11) is 0. The number of hydrogen-bond donors (Lipinski definition) is 1. The Morgan fingerprint density at radius 2 is 2.21 bits per heavy atom. The van der Waals surface area contributed by atoms with Gasteiger partial charge in [0.25, 0.3) is 0 Å². The van der Waals surface area contributed by atoms with Crippen molar-refractivity contribution in [3.8, 4) is 0 Å². The van der Waals surface area contributed by atoms with Gasteiger partial charge in [0.15, 0.2) is 0 Å². The Labute approximate surface area is 91.3 Å². The highest BCUT2D eigenvalue weighted by Crippen LogP contribution is 2.27. The van der Waals surface area contributed by atoms with Crippen molar-refractivity contribution in [2.24, 2.45) is 0 Å². The minimum atomic E-state index is 0.769. The summed E-state index contributed by atoms with van der Waals surface area (Å²) in [4.78, 5) is 4.29. The van der Waals surface area contributed by atoms with Crippen LogP contribution in [-0.4, -0.2) is 4.98 Å². The van der Waals surface area contributed by atoms with E-state index in [1.807, 2.05) is 6.07 Å². The molecule has 0 aliphatic heterocycles. The molecule has 0 atom stereocenters. The van der Waals surface area contributed by atoms with Crippen LogP contribution in [0.15, 0.2) is 28.9 Å². The van der Waals surface area contributed by atoms with Crippen molar-refractivity contribution in [3.05, 3.63) is 34.4 Å². The quantitative estimate of drug-likeness (QED) is 0.845. The molecule has 0 aliphatic carbocycles. The molecule has 0 unspecified atom stereocenters. The van der Waals surface area contributed by atoms with E-state index in [1.54, 1.807) is 6.20 Å². The molecule has 0 saturated heterocycles. The van der Waals surface area contributed by atoms with Crippen molar-refractivity contribution >= 4 is 32.5 Å². The fraction of sp³-hybridized carbons (Fsp3) is 0.182. The number of nitrogen functional groups attached to an aromatic ring is 1. The highest BCUT2D eigenvalue weighted by atomic mass is 79.9. The maximum Gasteiger partial charge on any atom is 0.0723 e. The molecule has 72 valence electrons. The van der Waals surface area contributed by atoms with Crippen LogP contribution in [0.4, 0.5) is 5.69 Å². The van der Waals surface area contributed by atoms with Crippen LogP contribution in [0.3, 0.4) is 0 Å². The number of hydrogen-bond acceptors (Lipinski definition) is 2. The topological polar surface area (TPSA) is 38.9 Å². The summed E-state index contributed by atoms with van der Waals surface area (Å²) in [5.74, 6) is 0. The lowest BCUT2D eigenvalue weighted by Crippen LogP contribution is -1.92. The lowest BCUT2D eigenvalue weighted by molar-refractivity contribution is 1.14. The molecule has 2 nitrogen and oxygen atoms in total. The van der Waals surface area contributed by atoms with E-state index >= 15 is 0 Å². The number of rotatable bonds is 1. The predicted molar refractivity (Wildman–Crippen MR) is 63.2 cm³/mol. The lowest BCUT2D eigenvalue weighted by atomic mass is 10.1. The number of aromatic nitrogens is 1. The molecule has 0 aliphatic rings. The van der Waals surface area contributed by atoms with E-state index in [4.69, 9.17) is 5.73 Å². The van der Waals surface area contributed by atoms with Crippen LogP contribution in [0.5, 0.6) is 0 Å². The maximum absolute atomic E-state index is 5.95. The largest absolute Gasteiger partial charge is 0.397 e. The van der Waals surface area contributed by atoms with Gasteiger partial charge in [0, 0.05) is 11.6 Å². The van der Waals surface area contributed by atoms with Gasteiger partial charge in [0.1, 0.15) is 0 Å². The van der Waals surface area contributed by atoms with Crippen molar-refractivity contribution in [2.75, 3.05) is 5.73 Å². The van der Waals surface area contributed by atoms with Gasteiger partial charge in [-0.05, 0) is 40.0 Å². The third-order valence-electron chi connectivity index (χ3n) is 2.33. The average molecular weight is 251 g/mol. The molecule has 0 amide bonds. The van der Waals surface area contributed by atoms with Gasteiger partial charge in [0.05, 0.1) is 15.7 Å². The van der Waals surface area contributed by atoms with E-state index in [0.29, 0.717) is 0 Å². The minimum Gasteiger partial charge on any atom is -0.397 e. The third-order valence-corrected chi connectivity index (χ3v) is 2.97. The Hall–Kier alpha value is -1.09. The molecule has 1 aromatic carbocycles. The predicted octanol–water partition coefficient (Wildman–Crippen LogP) is 3.14. The fourth-order valence-electron chi connectivity index (χ4n) is 1.46. The smallest absolute Gasteiger partial charge is 0.0723 e. The number of pyridine rings is 1. The molecule has 2 N–H and O–H groups in total. The van der Waals surface area contributed by atoms with Gasteiger partial charge >= 0.3 is 0 Å². The number of nitrogens with zero attached hydrogens (tertiary/aromatic N) is 1. The Bertz CT molecular complexity index is 480. The number of nitrogens with two attached hydrogens (primary N) is 1. The average Bonchev–Trinajstić information content (AvgIpc) is 2.23. The molecule has 0 saturated carbocycles. The Balaban J connectivity index is 2.78. The van der Waals surface area contributed by atoms with E-state index in [1.165, 1.54) is 5.56 Å². The molecule has 1 heterocycles. The number of aryl methyl sites for hydroxylation is 1. The van der Waals surface area contributed by atoms with Crippen LogP contribution in [0, 0.1) is 0 Å². The van der Waals surface area contributed by atoms with Crippen molar-refractivity contribution < 1.29 is 0 Å². The second-order valence-electron chi connectivity index (χ2n) is 3.22.